The van der Waals surface area contributed by atoms with E-state index in [1.807, 2.05) is 12.1 Å². The fraction of sp³-hybridized carbons (Fsp3) is 0.200. The van der Waals surface area contributed by atoms with Crippen molar-refractivity contribution in [1.82, 2.24) is 15.2 Å². The molecule has 5 nitrogen and oxygen atoms in total. The molecule has 0 fully saturated rings. The van der Waals surface area contributed by atoms with Crippen LogP contribution in [0, 0.1) is 0 Å². The lowest BCUT2D eigenvalue weighted by atomic mass is 10.3. The Hall–Kier alpha value is -1.82. The summed E-state index contributed by atoms with van der Waals surface area (Å²) < 4.78 is 0. The number of pyridine rings is 1. The number of nitrogens with zero attached hydrogens (tertiary/aromatic N) is 3. The second-order valence-corrected chi connectivity index (χ2v) is 4.03. The molecule has 0 aromatic carbocycles. The summed E-state index contributed by atoms with van der Waals surface area (Å²) in [5.41, 5.74) is 0.900. The minimum atomic E-state index is -0.0612. The number of carbonyl (C=O) groups excluding carboxylic acids is 1. The zero-order chi connectivity index (χ0) is 11.4. The van der Waals surface area contributed by atoms with Gasteiger partial charge in [-0.25, -0.2) is 0 Å². The van der Waals surface area contributed by atoms with Gasteiger partial charge >= 0.3 is 0 Å². The molecule has 82 valence electrons. The van der Waals surface area contributed by atoms with Crippen LogP contribution in [0.25, 0.3) is 10.6 Å². The summed E-state index contributed by atoms with van der Waals surface area (Å²) in [5, 5.41) is 11.8. The summed E-state index contributed by atoms with van der Waals surface area (Å²) >= 11 is 1.34. The summed E-state index contributed by atoms with van der Waals surface area (Å²) in [5.74, 6) is -0.0612. The van der Waals surface area contributed by atoms with Crippen molar-refractivity contribution >= 4 is 22.4 Å². The maximum Gasteiger partial charge on any atom is 0.225 e. The third-order valence-electron chi connectivity index (χ3n) is 1.90. The van der Waals surface area contributed by atoms with E-state index in [2.05, 4.69) is 20.5 Å². The number of rotatable bonds is 3. The SMILES string of the molecule is CCC(=O)Nc1nnc(-c2cccnc2)s1. The lowest BCUT2D eigenvalue weighted by Gasteiger charge is -1.94. The van der Waals surface area contributed by atoms with Crippen LogP contribution in [-0.4, -0.2) is 21.1 Å². The Bertz CT molecular complexity index is 483. The normalized spacial score (nSPS) is 10.1. The molecular formula is C10H10N4OS. The van der Waals surface area contributed by atoms with Gasteiger partial charge in [-0.15, -0.1) is 10.2 Å². The molecule has 0 unspecified atom stereocenters. The third kappa shape index (κ3) is 2.40. The van der Waals surface area contributed by atoms with Crippen LogP contribution in [0.15, 0.2) is 24.5 Å². The molecule has 0 aliphatic carbocycles. The third-order valence-corrected chi connectivity index (χ3v) is 2.79. The van der Waals surface area contributed by atoms with Crippen molar-refractivity contribution in [3.63, 3.8) is 0 Å². The lowest BCUT2D eigenvalue weighted by Crippen LogP contribution is -2.08. The molecule has 0 aliphatic heterocycles. The van der Waals surface area contributed by atoms with Gasteiger partial charge < -0.3 is 5.32 Å². The summed E-state index contributed by atoms with van der Waals surface area (Å²) in [7, 11) is 0. The van der Waals surface area contributed by atoms with E-state index in [4.69, 9.17) is 0 Å². The zero-order valence-electron chi connectivity index (χ0n) is 8.67. The van der Waals surface area contributed by atoms with Crippen LogP contribution in [0.3, 0.4) is 0 Å². The maximum atomic E-state index is 11.1. The largest absolute Gasteiger partial charge is 0.301 e. The minimum absolute atomic E-state index is 0.0612. The number of carbonyl (C=O) groups is 1. The number of hydrogen-bond acceptors (Lipinski definition) is 5. The van der Waals surface area contributed by atoms with Crippen molar-refractivity contribution in [2.45, 2.75) is 13.3 Å². The Morgan fingerprint density at radius 3 is 3.06 bits per heavy atom. The molecule has 0 atom stereocenters. The van der Waals surface area contributed by atoms with Gasteiger partial charge in [-0.1, -0.05) is 18.3 Å². The molecule has 0 saturated heterocycles. The van der Waals surface area contributed by atoms with E-state index in [9.17, 15) is 4.79 Å². The van der Waals surface area contributed by atoms with Crippen molar-refractivity contribution in [2.75, 3.05) is 5.32 Å². The Morgan fingerprint density at radius 1 is 1.50 bits per heavy atom. The molecule has 0 saturated carbocycles. The summed E-state index contributed by atoms with van der Waals surface area (Å²) in [6.07, 6.45) is 3.85. The highest BCUT2D eigenvalue weighted by Gasteiger charge is 2.08. The second kappa shape index (κ2) is 4.80. The first-order valence-corrected chi connectivity index (χ1v) is 5.65. The molecule has 0 radical (unpaired) electrons. The predicted molar refractivity (Wildman–Crippen MR) is 62.1 cm³/mol. The van der Waals surface area contributed by atoms with Crippen LogP contribution in [0.5, 0.6) is 0 Å². The van der Waals surface area contributed by atoms with Gasteiger partial charge in [0.05, 0.1) is 0 Å². The van der Waals surface area contributed by atoms with Gasteiger partial charge in [0, 0.05) is 24.4 Å². The van der Waals surface area contributed by atoms with Crippen LogP contribution in [0.1, 0.15) is 13.3 Å². The van der Waals surface area contributed by atoms with E-state index in [0.29, 0.717) is 11.6 Å². The molecule has 2 aromatic rings. The highest BCUT2D eigenvalue weighted by molar-refractivity contribution is 7.18. The molecule has 0 spiro atoms. The van der Waals surface area contributed by atoms with Crippen molar-refractivity contribution in [1.29, 1.82) is 0 Å². The van der Waals surface area contributed by atoms with Crippen LogP contribution in [0.2, 0.25) is 0 Å². The van der Waals surface area contributed by atoms with Crippen LogP contribution >= 0.6 is 11.3 Å². The topological polar surface area (TPSA) is 67.8 Å². The van der Waals surface area contributed by atoms with Gasteiger partial charge in [0.25, 0.3) is 0 Å². The highest BCUT2D eigenvalue weighted by atomic mass is 32.1. The molecule has 0 aliphatic rings. The molecular weight excluding hydrogens is 224 g/mol. The van der Waals surface area contributed by atoms with Crippen LogP contribution in [0.4, 0.5) is 5.13 Å². The van der Waals surface area contributed by atoms with E-state index in [1.165, 1.54) is 11.3 Å². The fourth-order valence-electron chi connectivity index (χ4n) is 1.09. The molecule has 6 heteroatoms. The first-order valence-electron chi connectivity index (χ1n) is 4.83. The number of aromatic nitrogens is 3. The van der Waals surface area contributed by atoms with Gasteiger partial charge in [-0.05, 0) is 12.1 Å². The highest BCUT2D eigenvalue weighted by Crippen LogP contribution is 2.25. The summed E-state index contributed by atoms with van der Waals surface area (Å²) in [6, 6.07) is 3.74. The zero-order valence-corrected chi connectivity index (χ0v) is 9.49. The van der Waals surface area contributed by atoms with Crippen molar-refractivity contribution in [2.24, 2.45) is 0 Å². The van der Waals surface area contributed by atoms with Gasteiger partial charge in [-0.3, -0.25) is 9.78 Å². The van der Waals surface area contributed by atoms with E-state index in [0.717, 1.165) is 10.6 Å². The van der Waals surface area contributed by atoms with Crippen molar-refractivity contribution < 1.29 is 4.79 Å². The van der Waals surface area contributed by atoms with E-state index >= 15 is 0 Å². The number of amides is 1. The smallest absolute Gasteiger partial charge is 0.225 e. The number of anilines is 1. The van der Waals surface area contributed by atoms with Crippen molar-refractivity contribution in [3.05, 3.63) is 24.5 Å². The molecule has 2 rings (SSSR count). The minimum Gasteiger partial charge on any atom is -0.301 e. The Balaban J connectivity index is 2.17. The first-order chi connectivity index (χ1) is 7.79. The van der Waals surface area contributed by atoms with Gasteiger partial charge in [0.15, 0.2) is 5.01 Å². The van der Waals surface area contributed by atoms with Gasteiger partial charge in [0.1, 0.15) is 0 Å². The Labute approximate surface area is 96.6 Å². The van der Waals surface area contributed by atoms with Crippen LogP contribution in [-0.2, 0) is 4.79 Å². The second-order valence-electron chi connectivity index (χ2n) is 3.06. The standard InChI is InChI=1S/C10H10N4OS/c1-2-8(15)12-10-14-13-9(16-10)7-4-3-5-11-6-7/h3-6H,2H2,1H3,(H,12,14,15). The summed E-state index contributed by atoms with van der Waals surface area (Å²) in [4.78, 5) is 15.1. The quantitative estimate of drug-likeness (QED) is 0.881. The fourth-order valence-corrected chi connectivity index (χ4v) is 1.84. The maximum absolute atomic E-state index is 11.1. The van der Waals surface area contributed by atoms with Gasteiger partial charge in [-0.2, -0.15) is 0 Å². The molecule has 2 aromatic heterocycles. The average Bonchev–Trinajstić information content (AvgIpc) is 2.78. The Kier molecular flexibility index (Phi) is 3.21. The predicted octanol–water partition coefficient (Wildman–Crippen LogP) is 1.95. The average molecular weight is 234 g/mol. The monoisotopic (exact) mass is 234 g/mol. The van der Waals surface area contributed by atoms with Crippen molar-refractivity contribution in [3.8, 4) is 10.6 Å². The molecule has 1 N–H and O–H groups in total. The first kappa shape index (κ1) is 10.7. The number of hydrogen-bond donors (Lipinski definition) is 1. The van der Waals surface area contributed by atoms with E-state index in [-0.39, 0.29) is 5.91 Å². The van der Waals surface area contributed by atoms with Gasteiger partial charge in [0.2, 0.25) is 11.0 Å². The number of nitrogens with one attached hydrogen (secondary N) is 1. The van der Waals surface area contributed by atoms with E-state index in [1.54, 1.807) is 19.3 Å². The summed E-state index contributed by atoms with van der Waals surface area (Å²) in [6.45, 7) is 1.79. The van der Waals surface area contributed by atoms with Crippen LogP contribution < -0.4 is 5.32 Å². The Morgan fingerprint density at radius 2 is 2.38 bits per heavy atom. The molecule has 2 heterocycles. The lowest BCUT2D eigenvalue weighted by molar-refractivity contribution is -0.115. The molecule has 16 heavy (non-hydrogen) atoms. The van der Waals surface area contributed by atoms with E-state index < -0.39 is 0 Å². The molecule has 0 bridgehead atoms. The molecule has 1 amide bonds.